The maximum Gasteiger partial charge on any atom is 0.161 e. The SMILES string of the molecule is Cc1cc(NC(C)CC(C)C)nc(-c2ccc(C)c(F)c2)n1. The maximum absolute atomic E-state index is 13.7. The lowest BCUT2D eigenvalue weighted by Crippen LogP contribution is -2.18. The van der Waals surface area contributed by atoms with Gasteiger partial charge in [0.15, 0.2) is 5.82 Å². The molecular formula is C18H24FN3. The summed E-state index contributed by atoms with van der Waals surface area (Å²) in [5, 5.41) is 3.41. The fourth-order valence-electron chi connectivity index (χ4n) is 2.52. The third kappa shape index (κ3) is 4.26. The number of rotatable bonds is 5. The van der Waals surface area contributed by atoms with Gasteiger partial charge in [0, 0.05) is 23.4 Å². The van der Waals surface area contributed by atoms with Crippen molar-refractivity contribution in [1.82, 2.24) is 9.97 Å². The fraction of sp³-hybridized carbons (Fsp3) is 0.444. The lowest BCUT2D eigenvalue weighted by atomic mass is 10.1. The highest BCUT2D eigenvalue weighted by Gasteiger charge is 2.10. The second-order valence-electron chi connectivity index (χ2n) is 6.36. The fourth-order valence-corrected chi connectivity index (χ4v) is 2.52. The predicted octanol–water partition coefficient (Wildman–Crippen LogP) is 4.75. The summed E-state index contributed by atoms with van der Waals surface area (Å²) in [4.78, 5) is 8.96. The molecule has 0 fully saturated rings. The van der Waals surface area contributed by atoms with Gasteiger partial charge in [0.2, 0.25) is 0 Å². The largest absolute Gasteiger partial charge is 0.367 e. The quantitative estimate of drug-likeness (QED) is 0.866. The predicted molar refractivity (Wildman–Crippen MR) is 89.4 cm³/mol. The van der Waals surface area contributed by atoms with Gasteiger partial charge in [-0.05, 0) is 44.7 Å². The smallest absolute Gasteiger partial charge is 0.161 e. The number of hydrogen-bond acceptors (Lipinski definition) is 3. The molecule has 0 aliphatic carbocycles. The third-order valence-corrected chi connectivity index (χ3v) is 3.50. The van der Waals surface area contributed by atoms with Crippen LogP contribution in [0, 0.1) is 25.6 Å². The highest BCUT2D eigenvalue weighted by atomic mass is 19.1. The number of nitrogens with zero attached hydrogens (tertiary/aromatic N) is 2. The van der Waals surface area contributed by atoms with Gasteiger partial charge in [-0.25, -0.2) is 14.4 Å². The van der Waals surface area contributed by atoms with Crippen LogP contribution in [-0.4, -0.2) is 16.0 Å². The minimum atomic E-state index is -0.231. The van der Waals surface area contributed by atoms with E-state index in [2.05, 4.69) is 36.1 Å². The van der Waals surface area contributed by atoms with Gasteiger partial charge in [0.25, 0.3) is 0 Å². The van der Waals surface area contributed by atoms with Crippen LogP contribution in [0.15, 0.2) is 24.3 Å². The summed E-state index contributed by atoms with van der Waals surface area (Å²) in [5.41, 5.74) is 2.19. The van der Waals surface area contributed by atoms with E-state index in [-0.39, 0.29) is 5.82 Å². The molecule has 1 aromatic carbocycles. The van der Waals surface area contributed by atoms with Crippen molar-refractivity contribution in [1.29, 1.82) is 0 Å². The number of benzene rings is 1. The molecule has 1 heterocycles. The van der Waals surface area contributed by atoms with E-state index in [1.165, 1.54) is 6.07 Å². The number of aryl methyl sites for hydroxylation is 2. The summed E-state index contributed by atoms with van der Waals surface area (Å²) in [7, 11) is 0. The second kappa shape index (κ2) is 6.86. The first-order valence-electron chi connectivity index (χ1n) is 7.74. The van der Waals surface area contributed by atoms with Gasteiger partial charge >= 0.3 is 0 Å². The Morgan fingerprint density at radius 3 is 2.45 bits per heavy atom. The van der Waals surface area contributed by atoms with Crippen LogP contribution in [-0.2, 0) is 0 Å². The Hall–Kier alpha value is -1.97. The zero-order valence-corrected chi connectivity index (χ0v) is 13.9. The molecular weight excluding hydrogens is 277 g/mol. The second-order valence-corrected chi connectivity index (χ2v) is 6.36. The molecule has 3 nitrogen and oxygen atoms in total. The number of hydrogen-bond donors (Lipinski definition) is 1. The lowest BCUT2D eigenvalue weighted by molar-refractivity contribution is 0.539. The molecule has 0 saturated heterocycles. The van der Waals surface area contributed by atoms with E-state index in [1.807, 2.05) is 19.1 Å². The van der Waals surface area contributed by atoms with Crippen molar-refractivity contribution in [2.75, 3.05) is 5.32 Å². The van der Waals surface area contributed by atoms with Crippen molar-refractivity contribution in [2.45, 2.75) is 47.1 Å². The van der Waals surface area contributed by atoms with Crippen molar-refractivity contribution in [2.24, 2.45) is 5.92 Å². The van der Waals surface area contributed by atoms with Gasteiger partial charge in [0.1, 0.15) is 11.6 Å². The van der Waals surface area contributed by atoms with E-state index in [4.69, 9.17) is 0 Å². The highest BCUT2D eigenvalue weighted by molar-refractivity contribution is 5.58. The molecule has 118 valence electrons. The monoisotopic (exact) mass is 301 g/mol. The zero-order valence-electron chi connectivity index (χ0n) is 13.9. The van der Waals surface area contributed by atoms with Crippen molar-refractivity contribution < 1.29 is 4.39 Å². The molecule has 1 aromatic heterocycles. The first kappa shape index (κ1) is 16.4. The first-order chi connectivity index (χ1) is 10.3. The van der Waals surface area contributed by atoms with Crippen LogP contribution in [0.4, 0.5) is 10.2 Å². The third-order valence-electron chi connectivity index (χ3n) is 3.50. The Labute approximate surface area is 132 Å². The molecule has 0 amide bonds. The standard InChI is InChI=1S/C18H24FN3/c1-11(2)8-13(4)20-17-9-14(5)21-18(22-17)15-7-6-12(3)16(19)10-15/h6-7,9-11,13H,8H2,1-5H3,(H,20,21,22). The summed E-state index contributed by atoms with van der Waals surface area (Å²) in [6.07, 6.45) is 1.07. The van der Waals surface area contributed by atoms with E-state index in [0.717, 1.165) is 17.9 Å². The van der Waals surface area contributed by atoms with E-state index < -0.39 is 0 Å². The Morgan fingerprint density at radius 2 is 1.82 bits per heavy atom. The van der Waals surface area contributed by atoms with E-state index in [9.17, 15) is 4.39 Å². The molecule has 0 radical (unpaired) electrons. The minimum absolute atomic E-state index is 0.231. The van der Waals surface area contributed by atoms with Crippen LogP contribution < -0.4 is 5.32 Å². The van der Waals surface area contributed by atoms with Crippen molar-refractivity contribution in [3.05, 3.63) is 41.3 Å². The number of aromatic nitrogens is 2. The van der Waals surface area contributed by atoms with E-state index in [0.29, 0.717) is 28.9 Å². The summed E-state index contributed by atoms with van der Waals surface area (Å²) >= 11 is 0. The van der Waals surface area contributed by atoms with Gasteiger partial charge in [0.05, 0.1) is 0 Å². The Bertz CT molecular complexity index is 653. The number of halogens is 1. The molecule has 1 unspecified atom stereocenters. The van der Waals surface area contributed by atoms with Crippen molar-refractivity contribution >= 4 is 5.82 Å². The highest BCUT2D eigenvalue weighted by Crippen LogP contribution is 2.21. The van der Waals surface area contributed by atoms with Gasteiger partial charge < -0.3 is 5.32 Å². The molecule has 2 aromatic rings. The van der Waals surface area contributed by atoms with E-state index in [1.54, 1.807) is 13.0 Å². The molecule has 0 spiro atoms. The Morgan fingerprint density at radius 1 is 1.09 bits per heavy atom. The van der Waals surface area contributed by atoms with Crippen LogP contribution in [0.2, 0.25) is 0 Å². The topological polar surface area (TPSA) is 37.8 Å². The molecule has 22 heavy (non-hydrogen) atoms. The van der Waals surface area contributed by atoms with Gasteiger partial charge in [-0.1, -0.05) is 26.0 Å². The molecule has 4 heteroatoms. The zero-order chi connectivity index (χ0) is 16.3. The van der Waals surface area contributed by atoms with Gasteiger partial charge in [-0.2, -0.15) is 0 Å². The van der Waals surface area contributed by atoms with Gasteiger partial charge in [-0.3, -0.25) is 0 Å². The normalized spacial score (nSPS) is 12.5. The maximum atomic E-state index is 13.7. The van der Waals surface area contributed by atoms with Gasteiger partial charge in [-0.15, -0.1) is 0 Å². The Kier molecular flexibility index (Phi) is 5.11. The van der Waals surface area contributed by atoms with Crippen LogP contribution in [0.5, 0.6) is 0 Å². The Balaban J connectivity index is 2.28. The average Bonchev–Trinajstić information content (AvgIpc) is 2.40. The lowest BCUT2D eigenvalue weighted by Gasteiger charge is -2.17. The molecule has 1 atom stereocenters. The summed E-state index contributed by atoms with van der Waals surface area (Å²) in [5.74, 6) is 1.73. The molecule has 2 rings (SSSR count). The molecule has 0 aliphatic rings. The van der Waals surface area contributed by atoms with Crippen LogP contribution in [0.25, 0.3) is 11.4 Å². The number of nitrogens with one attached hydrogen (secondary N) is 1. The van der Waals surface area contributed by atoms with Crippen LogP contribution >= 0.6 is 0 Å². The van der Waals surface area contributed by atoms with Crippen LogP contribution in [0.3, 0.4) is 0 Å². The molecule has 0 bridgehead atoms. The number of anilines is 1. The summed E-state index contributed by atoms with van der Waals surface area (Å²) in [6, 6.07) is 7.35. The van der Waals surface area contributed by atoms with Crippen molar-refractivity contribution in [3.8, 4) is 11.4 Å². The minimum Gasteiger partial charge on any atom is -0.367 e. The van der Waals surface area contributed by atoms with E-state index >= 15 is 0 Å². The molecule has 0 aliphatic heterocycles. The first-order valence-corrected chi connectivity index (χ1v) is 7.74. The molecule has 1 N–H and O–H groups in total. The summed E-state index contributed by atoms with van der Waals surface area (Å²) < 4.78 is 13.7. The molecule has 0 saturated carbocycles. The average molecular weight is 301 g/mol. The van der Waals surface area contributed by atoms with Crippen molar-refractivity contribution in [3.63, 3.8) is 0 Å². The summed E-state index contributed by atoms with van der Waals surface area (Å²) in [6.45, 7) is 10.2. The van der Waals surface area contributed by atoms with Crippen LogP contribution in [0.1, 0.15) is 38.4 Å².